The fourth-order valence-corrected chi connectivity index (χ4v) is 3.88. The molecule has 0 saturated heterocycles. The van der Waals surface area contributed by atoms with Gasteiger partial charge in [-0.1, -0.05) is 63.8 Å². The number of esters is 2. The van der Waals surface area contributed by atoms with Crippen molar-refractivity contribution in [3.8, 4) is 17.2 Å². The van der Waals surface area contributed by atoms with E-state index < -0.39 is 57.4 Å². The second kappa shape index (κ2) is 15.1. The van der Waals surface area contributed by atoms with Crippen LogP contribution in [0.15, 0.2) is 24.3 Å². The Balaban J connectivity index is 2.71. The van der Waals surface area contributed by atoms with Crippen molar-refractivity contribution in [2.75, 3.05) is 0 Å². The predicted molar refractivity (Wildman–Crippen MR) is 143 cm³/mol. The number of benzene rings is 2. The van der Waals surface area contributed by atoms with Crippen molar-refractivity contribution in [3.63, 3.8) is 0 Å². The van der Waals surface area contributed by atoms with E-state index in [-0.39, 0.29) is 25.9 Å². The van der Waals surface area contributed by atoms with E-state index in [0.29, 0.717) is 49.1 Å². The maximum Gasteiger partial charge on any atom is 0.340 e. The van der Waals surface area contributed by atoms with Crippen LogP contribution in [0.1, 0.15) is 115 Å². The highest BCUT2D eigenvalue weighted by atomic mass is 35.5. The molecule has 0 bridgehead atoms. The summed E-state index contributed by atoms with van der Waals surface area (Å²) in [5.74, 6) is -5.61. The Morgan fingerprint density at radius 3 is 1.82 bits per heavy atom. The van der Waals surface area contributed by atoms with Crippen LogP contribution < -0.4 is 4.74 Å². The molecule has 2 N–H and O–H groups in total. The highest BCUT2D eigenvalue weighted by molar-refractivity contribution is 6.30. The molecule has 0 aliphatic carbocycles. The fourth-order valence-electron chi connectivity index (χ4n) is 3.75. The number of halogens is 1. The second-order valence-electron chi connectivity index (χ2n) is 8.99. The van der Waals surface area contributed by atoms with Gasteiger partial charge in [0.25, 0.3) is 0 Å². The zero-order valence-electron chi connectivity index (χ0n) is 22.1. The lowest BCUT2D eigenvalue weighted by atomic mass is 9.90. The average Bonchev–Trinajstić information content (AvgIpc) is 2.90. The molecular weight excluding hydrogens is 512 g/mol. The molecule has 0 saturated carbocycles. The van der Waals surface area contributed by atoms with Crippen molar-refractivity contribution in [2.24, 2.45) is 0 Å². The molecule has 2 aromatic rings. The number of hydrogen-bond donors (Lipinski definition) is 2. The number of Topliss-reactive ketones (excluding diaryl/α,β-unsaturated/α-hetero) is 2. The first-order chi connectivity index (χ1) is 18.2. The first-order valence-corrected chi connectivity index (χ1v) is 13.3. The summed E-state index contributed by atoms with van der Waals surface area (Å²) in [7, 11) is 0. The lowest BCUT2D eigenvalue weighted by Crippen LogP contribution is -2.21. The molecule has 8 nitrogen and oxygen atoms in total. The zero-order valence-corrected chi connectivity index (χ0v) is 22.9. The SMILES string of the molecule is CCCCC(=O)Oc1c(O)c(O)c(C(=O)CCCC)c(C(=O)OCc2ccc(Cl)cc2)c1C(=O)CCCC. The minimum Gasteiger partial charge on any atom is -0.504 e. The lowest BCUT2D eigenvalue weighted by molar-refractivity contribution is -0.134. The van der Waals surface area contributed by atoms with Crippen molar-refractivity contribution in [1.29, 1.82) is 0 Å². The van der Waals surface area contributed by atoms with Crippen molar-refractivity contribution in [2.45, 2.75) is 85.2 Å². The Kier molecular flexibility index (Phi) is 12.3. The molecule has 38 heavy (non-hydrogen) atoms. The summed E-state index contributed by atoms with van der Waals surface area (Å²) in [5.41, 5.74) is -0.894. The van der Waals surface area contributed by atoms with E-state index in [1.807, 2.05) is 20.8 Å². The number of carbonyl (C=O) groups is 4. The number of ketones is 2. The standard InChI is InChI=1S/C29H35ClO8/c1-4-7-10-20(31)23-25(29(36)37-17-18-13-15-19(30)16-14-18)24(21(32)11-8-5-2)28(27(35)26(23)34)38-22(33)12-9-6-3/h13-16,34-35H,4-12,17H2,1-3H3. The molecule has 0 heterocycles. The summed E-state index contributed by atoms with van der Waals surface area (Å²) in [6.45, 7) is 5.40. The molecule has 2 aromatic carbocycles. The van der Waals surface area contributed by atoms with E-state index in [1.165, 1.54) is 0 Å². The van der Waals surface area contributed by atoms with Gasteiger partial charge in [-0.15, -0.1) is 0 Å². The van der Waals surface area contributed by atoms with Crippen LogP contribution in [0.25, 0.3) is 0 Å². The van der Waals surface area contributed by atoms with Gasteiger partial charge in [-0.2, -0.15) is 0 Å². The number of hydrogen-bond acceptors (Lipinski definition) is 8. The largest absolute Gasteiger partial charge is 0.504 e. The van der Waals surface area contributed by atoms with E-state index >= 15 is 0 Å². The van der Waals surface area contributed by atoms with E-state index in [2.05, 4.69) is 0 Å². The number of phenolic OH excluding ortho intramolecular Hbond substituents is 2. The van der Waals surface area contributed by atoms with E-state index in [4.69, 9.17) is 21.1 Å². The Morgan fingerprint density at radius 2 is 1.26 bits per heavy atom. The quantitative estimate of drug-likeness (QED) is 0.106. The minimum atomic E-state index is -1.07. The molecule has 0 unspecified atom stereocenters. The van der Waals surface area contributed by atoms with E-state index in [0.717, 1.165) is 0 Å². The third kappa shape index (κ3) is 8.05. The maximum atomic E-state index is 13.5. The van der Waals surface area contributed by atoms with E-state index in [1.54, 1.807) is 24.3 Å². The molecule has 0 spiro atoms. The Bertz CT molecular complexity index is 1150. The lowest BCUT2D eigenvalue weighted by Gasteiger charge is -2.20. The topological polar surface area (TPSA) is 127 Å². The molecule has 0 fully saturated rings. The van der Waals surface area contributed by atoms with Gasteiger partial charge in [0.05, 0.1) is 16.7 Å². The van der Waals surface area contributed by atoms with Crippen LogP contribution in [-0.2, 0) is 16.1 Å². The number of phenols is 2. The third-order valence-corrected chi connectivity index (χ3v) is 6.17. The van der Waals surface area contributed by atoms with Crippen molar-refractivity contribution < 1.29 is 38.9 Å². The summed E-state index contributed by atoms with van der Waals surface area (Å²) >= 11 is 5.91. The third-order valence-electron chi connectivity index (χ3n) is 5.91. The van der Waals surface area contributed by atoms with Crippen LogP contribution in [0.4, 0.5) is 0 Å². The number of unbranched alkanes of at least 4 members (excludes halogenated alkanes) is 3. The Hall–Kier alpha value is -3.39. The molecule has 0 aromatic heterocycles. The number of aromatic hydroxyl groups is 2. The summed E-state index contributed by atoms with van der Waals surface area (Å²) in [4.78, 5) is 52.5. The molecular formula is C29H35ClO8. The van der Waals surface area contributed by atoms with E-state index in [9.17, 15) is 29.4 Å². The van der Waals surface area contributed by atoms with Gasteiger partial charge in [-0.05, 0) is 37.0 Å². The van der Waals surface area contributed by atoms with Crippen LogP contribution in [0.3, 0.4) is 0 Å². The summed E-state index contributed by atoms with van der Waals surface area (Å²) in [6.07, 6.45) is 3.31. The van der Waals surface area contributed by atoms with Crippen LogP contribution in [0, 0.1) is 0 Å². The smallest absolute Gasteiger partial charge is 0.340 e. The van der Waals surface area contributed by atoms with Gasteiger partial charge in [-0.3, -0.25) is 14.4 Å². The number of rotatable bonds is 15. The van der Waals surface area contributed by atoms with Crippen molar-refractivity contribution >= 4 is 35.1 Å². The van der Waals surface area contributed by atoms with Crippen LogP contribution in [0.5, 0.6) is 17.2 Å². The van der Waals surface area contributed by atoms with Gasteiger partial charge >= 0.3 is 11.9 Å². The molecule has 206 valence electrons. The van der Waals surface area contributed by atoms with Gasteiger partial charge in [0.2, 0.25) is 5.75 Å². The summed E-state index contributed by atoms with van der Waals surface area (Å²) < 4.78 is 10.8. The molecule has 0 amide bonds. The Morgan fingerprint density at radius 1 is 0.737 bits per heavy atom. The molecule has 0 aliphatic heterocycles. The predicted octanol–water partition coefficient (Wildman–Crippen LogP) is 6.95. The monoisotopic (exact) mass is 546 g/mol. The minimum absolute atomic E-state index is 0.00712. The Labute approximate surface area is 227 Å². The highest BCUT2D eigenvalue weighted by Crippen LogP contribution is 2.46. The first kappa shape index (κ1) is 30.8. The summed E-state index contributed by atoms with van der Waals surface area (Å²) in [6, 6.07) is 6.52. The van der Waals surface area contributed by atoms with Crippen LogP contribution in [0.2, 0.25) is 5.02 Å². The molecule has 9 heteroatoms. The normalized spacial score (nSPS) is 10.7. The molecule has 2 rings (SSSR count). The van der Waals surface area contributed by atoms with Crippen molar-refractivity contribution in [1.82, 2.24) is 0 Å². The fraction of sp³-hybridized carbons (Fsp3) is 0.448. The van der Waals surface area contributed by atoms with Gasteiger partial charge in [0.15, 0.2) is 23.1 Å². The van der Waals surface area contributed by atoms with Crippen LogP contribution in [-0.4, -0.2) is 33.7 Å². The first-order valence-electron chi connectivity index (χ1n) is 13.0. The van der Waals surface area contributed by atoms with Gasteiger partial charge in [0, 0.05) is 24.3 Å². The summed E-state index contributed by atoms with van der Waals surface area (Å²) in [5, 5.41) is 22.2. The average molecular weight is 547 g/mol. The molecule has 0 atom stereocenters. The highest BCUT2D eigenvalue weighted by Gasteiger charge is 2.36. The number of carbonyl (C=O) groups excluding carboxylic acids is 4. The number of ether oxygens (including phenoxy) is 2. The zero-order chi connectivity index (χ0) is 28.2. The van der Waals surface area contributed by atoms with Crippen molar-refractivity contribution in [3.05, 3.63) is 51.5 Å². The van der Waals surface area contributed by atoms with Gasteiger partial charge < -0.3 is 19.7 Å². The van der Waals surface area contributed by atoms with Crippen LogP contribution >= 0.6 is 11.6 Å². The second-order valence-corrected chi connectivity index (χ2v) is 9.42. The molecule has 0 aliphatic rings. The maximum absolute atomic E-state index is 13.5. The van der Waals surface area contributed by atoms with Gasteiger partial charge in [-0.25, -0.2) is 4.79 Å². The van der Waals surface area contributed by atoms with Gasteiger partial charge in [0.1, 0.15) is 6.61 Å². The molecule has 0 radical (unpaired) electrons.